The summed E-state index contributed by atoms with van der Waals surface area (Å²) in [6.45, 7) is 0.758. The molecule has 3 rings (SSSR count). The summed E-state index contributed by atoms with van der Waals surface area (Å²) < 4.78 is 9.67. The molecule has 2 heterocycles. The number of nitrogens with one attached hydrogen (secondary N) is 1. The molecule has 1 N–H and O–H groups in total. The molecule has 0 saturated carbocycles. The molecule has 28 heavy (non-hydrogen) atoms. The highest BCUT2D eigenvalue weighted by Gasteiger charge is 2.30. The van der Waals surface area contributed by atoms with Crippen LogP contribution in [0.25, 0.3) is 6.08 Å². The van der Waals surface area contributed by atoms with E-state index in [9.17, 15) is 14.4 Å². The summed E-state index contributed by atoms with van der Waals surface area (Å²) in [5.41, 5.74) is 2.05. The van der Waals surface area contributed by atoms with Crippen molar-refractivity contribution in [2.75, 3.05) is 26.1 Å². The Morgan fingerprint density at radius 1 is 1.14 bits per heavy atom. The molecule has 0 atom stereocenters. The zero-order chi connectivity index (χ0) is 20.1. The van der Waals surface area contributed by atoms with Crippen molar-refractivity contribution in [2.45, 2.75) is 13.0 Å². The molecule has 1 aliphatic rings. The molecule has 0 aliphatic carbocycles. The van der Waals surface area contributed by atoms with Crippen molar-refractivity contribution >= 4 is 40.4 Å². The minimum absolute atomic E-state index is 0.326. The normalized spacial score (nSPS) is 13.1. The molecule has 8 heteroatoms. The number of esters is 1. The van der Waals surface area contributed by atoms with Crippen LogP contribution >= 0.6 is 11.3 Å². The largest absolute Gasteiger partial charge is 0.465 e. The Morgan fingerprint density at radius 2 is 1.89 bits per heavy atom. The van der Waals surface area contributed by atoms with Crippen LogP contribution in [-0.2, 0) is 27.2 Å². The number of anilines is 1. The number of methoxy groups -OCH3 is 2. The third kappa shape index (κ3) is 4.23. The maximum absolute atomic E-state index is 12.4. The van der Waals surface area contributed by atoms with E-state index in [4.69, 9.17) is 9.47 Å². The van der Waals surface area contributed by atoms with E-state index < -0.39 is 12.1 Å². The maximum atomic E-state index is 12.4. The van der Waals surface area contributed by atoms with Crippen LogP contribution in [0.3, 0.4) is 0 Å². The fourth-order valence-corrected chi connectivity index (χ4v) is 4.24. The third-order valence-corrected chi connectivity index (χ3v) is 5.47. The fraction of sp³-hybridized carbons (Fsp3) is 0.250. The van der Waals surface area contributed by atoms with E-state index in [2.05, 4.69) is 5.32 Å². The van der Waals surface area contributed by atoms with Gasteiger partial charge in [0, 0.05) is 17.5 Å². The smallest absolute Gasteiger partial charge is 0.409 e. The maximum Gasteiger partial charge on any atom is 0.409 e. The summed E-state index contributed by atoms with van der Waals surface area (Å²) in [7, 11) is 2.63. The Labute approximate surface area is 166 Å². The van der Waals surface area contributed by atoms with E-state index in [0.717, 1.165) is 16.0 Å². The van der Waals surface area contributed by atoms with Gasteiger partial charge in [0.05, 0.1) is 26.3 Å². The number of hydrogen-bond donors (Lipinski definition) is 1. The number of carbonyl (C=O) groups is 3. The van der Waals surface area contributed by atoms with Gasteiger partial charge in [-0.2, -0.15) is 0 Å². The quantitative estimate of drug-likeness (QED) is 0.629. The van der Waals surface area contributed by atoms with E-state index in [1.165, 1.54) is 31.6 Å². The molecular formula is C20H20N2O5S. The SMILES string of the molecule is COC(=O)c1c(NC(=O)/C=C/c2ccccc2)sc2c1CCN(C(=O)OC)C2. The number of benzene rings is 1. The molecule has 0 saturated heterocycles. The number of hydrogen-bond acceptors (Lipinski definition) is 6. The van der Waals surface area contributed by atoms with Crippen LogP contribution in [0.5, 0.6) is 0 Å². The Kier molecular flexibility index (Phi) is 6.10. The minimum Gasteiger partial charge on any atom is -0.465 e. The first-order chi connectivity index (χ1) is 13.5. The van der Waals surface area contributed by atoms with Gasteiger partial charge < -0.3 is 19.7 Å². The molecule has 7 nitrogen and oxygen atoms in total. The molecule has 0 unspecified atom stereocenters. The third-order valence-electron chi connectivity index (χ3n) is 4.34. The van der Waals surface area contributed by atoms with Crippen LogP contribution in [-0.4, -0.2) is 43.6 Å². The van der Waals surface area contributed by atoms with E-state index in [0.29, 0.717) is 30.1 Å². The molecule has 2 aromatic rings. The van der Waals surface area contributed by atoms with Crippen molar-refractivity contribution in [1.29, 1.82) is 0 Å². The van der Waals surface area contributed by atoms with Crippen molar-refractivity contribution < 1.29 is 23.9 Å². The number of amides is 2. The lowest BCUT2D eigenvalue weighted by atomic mass is 10.0. The Balaban J connectivity index is 1.83. The average Bonchev–Trinajstić information content (AvgIpc) is 3.08. The molecule has 146 valence electrons. The second kappa shape index (κ2) is 8.71. The van der Waals surface area contributed by atoms with Crippen molar-refractivity contribution in [2.24, 2.45) is 0 Å². The number of fused-ring (bicyclic) bond motifs is 1. The van der Waals surface area contributed by atoms with Gasteiger partial charge in [0.25, 0.3) is 0 Å². The van der Waals surface area contributed by atoms with Gasteiger partial charge in [0.2, 0.25) is 5.91 Å². The second-order valence-electron chi connectivity index (χ2n) is 6.07. The second-order valence-corrected chi connectivity index (χ2v) is 7.18. The molecule has 0 radical (unpaired) electrons. The van der Waals surface area contributed by atoms with Crippen LogP contribution in [0.4, 0.5) is 9.80 Å². The van der Waals surface area contributed by atoms with Gasteiger partial charge in [0.15, 0.2) is 0 Å². The zero-order valence-electron chi connectivity index (χ0n) is 15.6. The predicted molar refractivity (Wildman–Crippen MR) is 106 cm³/mol. The molecule has 2 amide bonds. The van der Waals surface area contributed by atoms with E-state index in [-0.39, 0.29) is 5.91 Å². The van der Waals surface area contributed by atoms with Gasteiger partial charge >= 0.3 is 12.1 Å². The van der Waals surface area contributed by atoms with E-state index >= 15 is 0 Å². The molecule has 1 aliphatic heterocycles. The van der Waals surface area contributed by atoms with Crippen LogP contribution in [0.2, 0.25) is 0 Å². The van der Waals surface area contributed by atoms with Gasteiger partial charge in [-0.3, -0.25) is 4.79 Å². The number of carbonyl (C=O) groups excluding carboxylic acids is 3. The molecule has 0 fully saturated rings. The highest BCUT2D eigenvalue weighted by molar-refractivity contribution is 7.17. The van der Waals surface area contributed by atoms with E-state index in [1.807, 2.05) is 30.3 Å². The van der Waals surface area contributed by atoms with Crippen molar-refractivity contribution in [3.63, 3.8) is 0 Å². The van der Waals surface area contributed by atoms with Gasteiger partial charge in [-0.15, -0.1) is 11.3 Å². The number of nitrogens with zero attached hydrogens (tertiary/aromatic N) is 1. The molecule has 1 aromatic carbocycles. The summed E-state index contributed by atoms with van der Waals surface area (Å²) in [4.78, 5) is 38.8. The highest BCUT2D eigenvalue weighted by Crippen LogP contribution is 2.37. The molecule has 0 bridgehead atoms. The average molecular weight is 400 g/mol. The van der Waals surface area contributed by atoms with Crippen LogP contribution < -0.4 is 5.32 Å². The first-order valence-electron chi connectivity index (χ1n) is 8.63. The summed E-state index contributed by atoms with van der Waals surface area (Å²) >= 11 is 1.27. The predicted octanol–water partition coefficient (Wildman–Crippen LogP) is 3.31. The van der Waals surface area contributed by atoms with Crippen molar-refractivity contribution in [1.82, 2.24) is 4.90 Å². The van der Waals surface area contributed by atoms with Gasteiger partial charge in [-0.05, 0) is 23.6 Å². The molecule has 1 aromatic heterocycles. The Hall–Kier alpha value is -3.13. The standard InChI is InChI=1S/C20H20N2O5S/c1-26-19(24)17-14-10-11-22(20(25)27-2)12-15(14)28-18(17)21-16(23)9-8-13-6-4-3-5-7-13/h3-9H,10-12H2,1-2H3,(H,21,23)/b9-8+. The Morgan fingerprint density at radius 3 is 2.57 bits per heavy atom. The summed E-state index contributed by atoms with van der Waals surface area (Å²) in [6, 6.07) is 9.43. The number of thiophene rings is 1. The van der Waals surface area contributed by atoms with Crippen LogP contribution in [0, 0.1) is 0 Å². The number of rotatable bonds is 4. The first-order valence-corrected chi connectivity index (χ1v) is 9.45. The first kappa shape index (κ1) is 19.6. The summed E-state index contributed by atoms with van der Waals surface area (Å²) in [6.07, 6.45) is 3.17. The topological polar surface area (TPSA) is 84.9 Å². The highest BCUT2D eigenvalue weighted by atomic mass is 32.1. The Bertz CT molecular complexity index is 920. The van der Waals surface area contributed by atoms with Gasteiger partial charge in [-0.1, -0.05) is 30.3 Å². The number of ether oxygens (including phenoxy) is 2. The molecular weight excluding hydrogens is 380 g/mol. The van der Waals surface area contributed by atoms with Gasteiger partial charge in [0.1, 0.15) is 5.00 Å². The van der Waals surface area contributed by atoms with Crippen LogP contribution in [0.15, 0.2) is 36.4 Å². The summed E-state index contributed by atoms with van der Waals surface area (Å²) in [5, 5.41) is 3.19. The van der Waals surface area contributed by atoms with Crippen molar-refractivity contribution in [3.05, 3.63) is 58.0 Å². The molecule has 0 spiro atoms. The lowest BCUT2D eigenvalue weighted by Crippen LogP contribution is -2.35. The van der Waals surface area contributed by atoms with E-state index in [1.54, 1.807) is 11.0 Å². The van der Waals surface area contributed by atoms with Gasteiger partial charge in [-0.25, -0.2) is 9.59 Å². The summed E-state index contributed by atoms with van der Waals surface area (Å²) in [5.74, 6) is -0.858. The zero-order valence-corrected chi connectivity index (χ0v) is 16.4. The lowest BCUT2D eigenvalue weighted by Gasteiger charge is -2.25. The monoisotopic (exact) mass is 400 g/mol. The van der Waals surface area contributed by atoms with Crippen molar-refractivity contribution in [3.8, 4) is 0 Å². The van der Waals surface area contributed by atoms with Crippen LogP contribution in [0.1, 0.15) is 26.4 Å². The fourth-order valence-electron chi connectivity index (χ4n) is 2.98. The minimum atomic E-state index is -0.508. The lowest BCUT2D eigenvalue weighted by molar-refractivity contribution is -0.111.